The van der Waals surface area contributed by atoms with Gasteiger partial charge in [0.15, 0.2) is 0 Å². The fourth-order valence-corrected chi connectivity index (χ4v) is 4.84. The van der Waals surface area contributed by atoms with Crippen LogP contribution < -0.4 is 0 Å². The van der Waals surface area contributed by atoms with Gasteiger partial charge in [-0.1, -0.05) is 0 Å². The first-order chi connectivity index (χ1) is 14.7. The van der Waals surface area contributed by atoms with Crippen molar-refractivity contribution in [3.05, 3.63) is 34.9 Å². The van der Waals surface area contributed by atoms with Gasteiger partial charge in [0.2, 0.25) is 11.8 Å². The smallest absolute Gasteiger partial charge is 0.251 e. The van der Waals surface area contributed by atoms with Crippen LogP contribution in [0.5, 0.6) is 0 Å². The number of aryl methyl sites for hydroxylation is 2. The first-order valence-electron chi connectivity index (χ1n) is 11.2. The Balaban J connectivity index is 1.61. The lowest BCUT2D eigenvalue weighted by atomic mass is 9.84. The largest absolute Gasteiger partial charge is 0.346 e. The van der Waals surface area contributed by atoms with Crippen molar-refractivity contribution in [2.45, 2.75) is 71.1 Å². The summed E-state index contributed by atoms with van der Waals surface area (Å²) in [6, 6.07) is 3.93. The van der Waals surface area contributed by atoms with Crippen molar-refractivity contribution in [2.24, 2.45) is 11.8 Å². The van der Waals surface area contributed by atoms with Gasteiger partial charge in [-0.15, -0.1) is 0 Å². The lowest BCUT2D eigenvalue weighted by Crippen LogP contribution is -2.39. The minimum atomic E-state index is -2.53. The summed E-state index contributed by atoms with van der Waals surface area (Å²) < 4.78 is 28.9. The van der Waals surface area contributed by atoms with Crippen molar-refractivity contribution in [2.75, 3.05) is 13.6 Å². The molecule has 2 fully saturated rings. The summed E-state index contributed by atoms with van der Waals surface area (Å²) in [6.07, 6.45) is 3.97. The average Bonchev–Trinajstić information content (AvgIpc) is 3.05. The van der Waals surface area contributed by atoms with Crippen LogP contribution in [0.1, 0.15) is 61.3 Å². The molecule has 31 heavy (non-hydrogen) atoms. The molecule has 168 valence electrons. The highest BCUT2D eigenvalue weighted by Crippen LogP contribution is 2.37. The van der Waals surface area contributed by atoms with E-state index in [9.17, 15) is 13.6 Å². The van der Waals surface area contributed by atoms with Crippen molar-refractivity contribution in [1.29, 1.82) is 0 Å². The zero-order chi connectivity index (χ0) is 22.2. The van der Waals surface area contributed by atoms with Gasteiger partial charge in [0.05, 0.1) is 5.69 Å². The zero-order valence-electron chi connectivity index (χ0n) is 18.6. The zero-order valence-corrected chi connectivity index (χ0v) is 18.6. The van der Waals surface area contributed by atoms with E-state index in [1.807, 2.05) is 33.0 Å². The highest BCUT2D eigenvalue weighted by molar-refractivity contribution is 5.79. The van der Waals surface area contributed by atoms with Gasteiger partial charge in [-0.3, -0.25) is 4.79 Å². The molecule has 0 N–H and O–H groups in total. The van der Waals surface area contributed by atoms with E-state index in [1.165, 1.54) is 0 Å². The normalized spacial score (nSPS) is 22.2. The van der Waals surface area contributed by atoms with Crippen molar-refractivity contribution in [3.63, 3.8) is 0 Å². The molecular formula is C23H31F2N5O. The molecule has 1 atom stereocenters. The highest BCUT2D eigenvalue weighted by Gasteiger charge is 2.35. The maximum Gasteiger partial charge on any atom is 0.251 e. The number of piperidine rings is 1. The Morgan fingerprint density at radius 2 is 1.74 bits per heavy atom. The van der Waals surface area contributed by atoms with Crippen LogP contribution in [0, 0.1) is 25.7 Å². The van der Waals surface area contributed by atoms with Gasteiger partial charge in [0, 0.05) is 55.9 Å². The maximum atomic E-state index is 13.6. The summed E-state index contributed by atoms with van der Waals surface area (Å²) in [7, 11) is 1.85. The second-order valence-corrected chi connectivity index (χ2v) is 9.30. The minimum absolute atomic E-state index is 0.0527. The van der Waals surface area contributed by atoms with E-state index in [0.717, 1.165) is 42.2 Å². The molecule has 1 aliphatic carbocycles. The van der Waals surface area contributed by atoms with E-state index in [2.05, 4.69) is 5.10 Å². The van der Waals surface area contributed by atoms with Crippen LogP contribution in [-0.4, -0.2) is 50.1 Å². The first-order valence-corrected chi connectivity index (χ1v) is 11.2. The Morgan fingerprint density at radius 1 is 1.06 bits per heavy atom. The van der Waals surface area contributed by atoms with Crippen molar-refractivity contribution >= 4 is 5.91 Å². The van der Waals surface area contributed by atoms with Crippen LogP contribution in [0.3, 0.4) is 0 Å². The van der Waals surface area contributed by atoms with Crippen molar-refractivity contribution in [3.8, 4) is 5.95 Å². The molecule has 2 aromatic heterocycles. The number of likely N-dealkylation sites (tertiary alicyclic amines) is 1. The van der Waals surface area contributed by atoms with Crippen LogP contribution in [-0.2, 0) is 17.6 Å². The standard InChI is InChI=1S/C23H31F2N5O/c1-15-11-16(2)30(28-15)22-26-19(12-17-6-8-23(24,25)9-7-17)14-20(27-22)13-18-5-4-10-29(3)21(18)31/h11,14,17-18H,4-10,12-13H2,1-3H3. The third kappa shape index (κ3) is 5.10. The molecular weight excluding hydrogens is 400 g/mol. The Hall–Kier alpha value is -2.38. The molecule has 2 aliphatic rings. The van der Waals surface area contributed by atoms with Gasteiger partial charge in [-0.05, 0) is 64.0 Å². The van der Waals surface area contributed by atoms with E-state index in [1.54, 1.807) is 9.58 Å². The predicted octanol–water partition coefficient (Wildman–Crippen LogP) is 4.06. The summed E-state index contributed by atoms with van der Waals surface area (Å²) in [5.41, 5.74) is 3.49. The van der Waals surface area contributed by atoms with Crippen LogP contribution in [0.2, 0.25) is 0 Å². The molecule has 0 aromatic carbocycles. The minimum Gasteiger partial charge on any atom is -0.346 e. The lowest BCUT2D eigenvalue weighted by molar-refractivity contribution is -0.136. The summed E-state index contributed by atoms with van der Waals surface area (Å²) in [4.78, 5) is 23.9. The van der Waals surface area contributed by atoms with Gasteiger partial charge in [0.1, 0.15) is 0 Å². The second kappa shape index (κ2) is 8.63. The summed E-state index contributed by atoms with van der Waals surface area (Å²) in [6.45, 7) is 4.68. The molecule has 1 saturated heterocycles. The molecule has 1 saturated carbocycles. The molecule has 3 heterocycles. The number of aromatic nitrogens is 4. The van der Waals surface area contributed by atoms with Gasteiger partial charge < -0.3 is 4.90 Å². The average molecular weight is 432 g/mol. The third-order valence-corrected chi connectivity index (χ3v) is 6.58. The van der Waals surface area contributed by atoms with Gasteiger partial charge in [0.25, 0.3) is 5.95 Å². The topological polar surface area (TPSA) is 63.9 Å². The molecule has 0 bridgehead atoms. The number of alkyl halides is 2. The molecule has 1 unspecified atom stereocenters. The van der Waals surface area contributed by atoms with Gasteiger partial charge in [-0.2, -0.15) is 5.10 Å². The molecule has 1 amide bonds. The Bertz CT molecular complexity index is 947. The number of nitrogens with zero attached hydrogens (tertiary/aromatic N) is 5. The fraction of sp³-hybridized carbons (Fsp3) is 0.652. The first kappa shape index (κ1) is 21.8. The molecule has 8 heteroatoms. The summed E-state index contributed by atoms with van der Waals surface area (Å²) in [5, 5.41) is 4.52. The molecule has 4 rings (SSSR count). The monoisotopic (exact) mass is 431 g/mol. The van der Waals surface area contributed by atoms with Crippen molar-refractivity contribution < 1.29 is 13.6 Å². The number of rotatable bonds is 5. The van der Waals surface area contributed by atoms with E-state index < -0.39 is 5.92 Å². The number of hydrogen-bond acceptors (Lipinski definition) is 4. The van der Waals surface area contributed by atoms with E-state index in [4.69, 9.17) is 9.97 Å². The molecule has 2 aromatic rings. The molecule has 6 nitrogen and oxygen atoms in total. The Morgan fingerprint density at radius 3 is 2.39 bits per heavy atom. The quantitative estimate of drug-likeness (QED) is 0.716. The number of amides is 1. The Labute approximate surface area is 182 Å². The number of hydrogen-bond donors (Lipinski definition) is 0. The predicted molar refractivity (Wildman–Crippen MR) is 113 cm³/mol. The number of carbonyl (C=O) groups is 1. The lowest BCUT2D eigenvalue weighted by Gasteiger charge is -2.29. The molecule has 0 radical (unpaired) electrons. The van der Waals surface area contributed by atoms with Crippen molar-refractivity contribution in [1.82, 2.24) is 24.6 Å². The van der Waals surface area contributed by atoms with Crippen LogP contribution in [0.25, 0.3) is 5.95 Å². The van der Waals surface area contributed by atoms with Gasteiger partial charge in [-0.25, -0.2) is 23.4 Å². The van der Waals surface area contributed by atoms with Crippen LogP contribution >= 0.6 is 0 Å². The van der Waals surface area contributed by atoms with E-state index in [-0.39, 0.29) is 30.6 Å². The van der Waals surface area contributed by atoms with Crippen LogP contribution in [0.15, 0.2) is 12.1 Å². The summed E-state index contributed by atoms with van der Waals surface area (Å²) in [5.74, 6) is -1.76. The SMILES string of the molecule is Cc1cc(C)n(-c2nc(CC3CCC(F)(F)CC3)cc(CC3CCCN(C)C3=O)n2)n1. The van der Waals surface area contributed by atoms with E-state index >= 15 is 0 Å². The Kier molecular flexibility index (Phi) is 6.08. The maximum absolute atomic E-state index is 13.6. The fourth-order valence-electron chi connectivity index (χ4n) is 4.84. The molecule has 0 spiro atoms. The number of carbonyl (C=O) groups excluding carboxylic acids is 1. The number of halogens is 2. The second-order valence-electron chi connectivity index (χ2n) is 9.30. The summed E-state index contributed by atoms with van der Waals surface area (Å²) >= 11 is 0. The molecule has 1 aliphatic heterocycles. The van der Waals surface area contributed by atoms with Gasteiger partial charge >= 0.3 is 0 Å². The highest BCUT2D eigenvalue weighted by atomic mass is 19.3. The van der Waals surface area contributed by atoms with E-state index in [0.29, 0.717) is 31.6 Å². The third-order valence-electron chi connectivity index (χ3n) is 6.58. The van der Waals surface area contributed by atoms with Crippen LogP contribution in [0.4, 0.5) is 8.78 Å².